The van der Waals surface area contributed by atoms with Gasteiger partial charge in [-0.1, -0.05) is 42.8 Å². The van der Waals surface area contributed by atoms with Crippen molar-refractivity contribution in [1.82, 2.24) is 10.6 Å². The zero-order valence-electron chi connectivity index (χ0n) is 14.5. The highest BCUT2D eigenvalue weighted by Gasteiger charge is 2.19. The maximum atomic E-state index is 12.6. The van der Waals surface area contributed by atoms with Crippen LogP contribution in [0.5, 0.6) is 5.75 Å². The summed E-state index contributed by atoms with van der Waals surface area (Å²) in [5.41, 5.74) is 0.771. The topological polar surface area (TPSA) is 67.4 Å². The van der Waals surface area contributed by atoms with Gasteiger partial charge in [0.1, 0.15) is 5.75 Å². The Morgan fingerprint density at radius 1 is 1.15 bits per heavy atom. The summed E-state index contributed by atoms with van der Waals surface area (Å²) in [5.74, 6) is -0.895. The molecule has 0 saturated carbocycles. The van der Waals surface area contributed by atoms with Crippen LogP contribution >= 0.6 is 11.6 Å². The zero-order chi connectivity index (χ0) is 19.8. The van der Waals surface area contributed by atoms with Crippen molar-refractivity contribution < 1.29 is 23.1 Å². The molecular formula is C19H19ClF2N2O3. The number of carbonyl (C=O) groups excluding carboxylic acids is 2. The number of halogens is 3. The molecule has 0 spiro atoms. The lowest BCUT2D eigenvalue weighted by molar-refractivity contribution is -0.120. The molecule has 0 fully saturated rings. The number of hydrogen-bond donors (Lipinski definition) is 2. The Labute approximate surface area is 160 Å². The molecule has 2 amide bonds. The summed E-state index contributed by atoms with van der Waals surface area (Å²) in [6.45, 7) is -1.43. The summed E-state index contributed by atoms with van der Waals surface area (Å²) >= 11 is 5.83. The molecule has 0 heterocycles. The lowest BCUT2D eigenvalue weighted by Gasteiger charge is -2.20. The molecule has 0 aliphatic carbocycles. The lowest BCUT2D eigenvalue weighted by Crippen LogP contribution is -2.38. The van der Waals surface area contributed by atoms with Crippen molar-refractivity contribution in [3.8, 4) is 5.75 Å². The normalized spacial score (nSPS) is 11.7. The fourth-order valence-electron chi connectivity index (χ4n) is 2.51. The molecule has 144 valence electrons. The van der Waals surface area contributed by atoms with Crippen LogP contribution in [0.15, 0.2) is 48.5 Å². The Morgan fingerprint density at radius 3 is 2.56 bits per heavy atom. The highest BCUT2D eigenvalue weighted by atomic mass is 35.5. The number of carbonyl (C=O) groups is 2. The van der Waals surface area contributed by atoms with Gasteiger partial charge < -0.3 is 15.4 Å². The van der Waals surface area contributed by atoms with E-state index in [0.717, 1.165) is 0 Å². The van der Waals surface area contributed by atoms with Crippen LogP contribution in [0, 0.1) is 0 Å². The standard InChI is InChI=1S/C19H19ClF2N2O3/c1-2-15(14-8-3-4-9-16(14)27-19(21)22)24-17(25)11-23-18(26)12-6-5-7-13(20)10-12/h3-10,15,19H,2,11H2,1H3,(H,23,26)(H,24,25). The largest absolute Gasteiger partial charge is 0.434 e. The maximum Gasteiger partial charge on any atom is 0.387 e. The molecule has 0 saturated heterocycles. The molecule has 0 aliphatic heterocycles. The second-order valence-corrected chi connectivity index (χ2v) is 6.07. The molecule has 27 heavy (non-hydrogen) atoms. The molecule has 5 nitrogen and oxygen atoms in total. The van der Waals surface area contributed by atoms with Crippen molar-refractivity contribution in [2.24, 2.45) is 0 Å². The summed E-state index contributed by atoms with van der Waals surface area (Å²) < 4.78 is 29.6. The monoisotopic (exact) mass is 396 g/mol. The molecule has 0 bridgehead atoms. The van der Waals surface area contributed by atoms with Crippen LogP contribution < -0.4 is 15.4 Å². The molecule has 1 unspecified atom stereocenters. The molecule has 8 heteroatoms. The van der Waals surface area contributed by atoms with E-state index >= 15 is 0 Å². The van der Waals surface area contributed by atoms with Crippen LogP contribution in [0.2, 0.25) is 5.02 Å². The van der Waals surface area contributed by atoms with E-state index < -0.39 is 24.5 Å². The van der Waals surface area contributed by atoms with E-state index in [2.05, 4.69) is 15.4 Å². The first-order chi connectivity index (χ1) is 12.9. The predicted molar refractivity (Wildman–Crippen MR) is 98.0 cm³/mol. The Kier molecular flexibility index (Phi) is 7.55. The van der Waals surface area contributed by atoms with Crippen LogP contribution in [0.4, 0.5) is 8.78 Å². The van der Waals surface area contributed by atoms with Crippen molar-refractivity contribution in [1.29, 1.82) is 0 Å². The molecule has 2 aromatic rings. The van der Waals surface area contributed by atoms with Crippen molar-refractivity contribution in [3.63, 3.8) is 0 Å². The molecule has 2 aromatic carbocycles. The number of hydrogen-bond acceptors (Lipinski definition) is 3. The lowest BCUT2D eigenvalue weighted by atomic mass is 10.0. The van der Waals surface area contributed by atoms with Gasteiger partial charge in [0.2, 0.25) is 5.91 Å². The van der Waals surface area contributed by atoms with Gasteiger partial charge in [0, 0.05) is 16.1 Å². The van der Waals surface area contributed by atoms with Crippen LogP contribution in [-0.2, 0) is 4.79 Å². The van der Waals surface area contributed by atoms with Gasteiger partial charge >= 0.3 is 6.61 Å². The number of benzene rings is 2. The Bertz CT molecular complexity index is 802. The van der Waals surface area contributed by atoms with Crippen LogP contribution in [0.3, 0.4) is 0 Å². The molecule has 2 N–H and O–H groups in total. The minimum absolute atomic E-state index is 0.00242. The van der Waals surface area contributed by atoms with Crippen molar-refractivity contribution in [3.05, 3.63) is 64.7 Å². The van der Waals surface area contributed by atoms with E-state index in [-0.39, 0.29) is 12.3 Å². The first-order valence-corrected chi connectivity index (χ1v) is 8.65. The van der Waals surface area contributed by atoms with E-state index in [1.807, 2.05) is 0 Å². The summed E-state index contributed by atoms with van der Waals surface area (Å²) in [4.78, 5) is 24.2. The first kappa shape index (κ1) is 20.6. The zero-order valence-corrected chi connectivity index (χ0v) is 15.3. The number of nitrogens with one attached hydrogen (secondary N) is 2. The van der Waals surface area contributed by atoms with Gasteiger partial charge in [-0.25, -0.2) is 0 Å². The maximum absolute atomic E-state index is 12.6. The van der Waals surface area contributed by atoms with Gasteiger partial charge in [-0.3, -0.25) is 9.59 Å². The Balaban J connectivity index is 1.98. The summed E-state index contributed by atoms with van der Waals surface area (Å²) in [5, 5.41) is 5.61. The van der Waals surface area contributed by atoms with E-state index in [1.54, 1.807) is 43.3 Å². The minimum Gasteiger partial charge on any atom is -0.434 e. The Hall–Kier alpha value is -2.67. The van der Waals surface area contributed by atoms with Crippen molar-refractivity contribution in [2.75, 3.05) is 6.54 Å². The second kappa shape index (κ2) is 9.87. The summed E-state index contributed by atoms with van der Waals surface area (Å²) in [6.07, 6.45) is 0.456. The van der Waals surface area contributed by atoms with Gasteiger partial charge in [0.25, 0.3) is 5.91 Å². The molecule has 2 rings (SSSR count). The van der Waals surface area contributed by atoms with Gasteiger partial charge in [-0.05, 0) is 30.7 Å². The van der Waals surface area contributed by atoms with Gasteiger partial charge in [0.05, 0.1) is 12.6 Å². The average Bonchev–Trinajstić information content (AvgIpc) is 2.64. The quantitative estimate of drug-likeness (QED) is 0.710. The van der Waals surface area contributed by atoms with E-state index in [0.29, 0.717) is 22.6 Å². The van der Waals surface area contributed by atoms with Crippen molar-refractivity contribution in [2.45, 2.75) is 26.0 Å². The summed E-state index contributed by atoms with van der Waals surface area (Å²) in [7, 11) is 0. The van der Waals surface area contributed by atoms with E-state index in [9.17, 15) is 18.4 Å². The third kappa shape index (κ3) is 6.21. The van der Waals surface area contributed by atoms with Crippen LogP contribution in [-0.4, -0.2) is 25.0 Å². The molecule has 0 aromatic heterocycles. The second-order valence-electron chi connectivity index (χ2n) is 5.64. The molecule has 0 aliphatic rings. The highest BCUT2D eigenvalue weighted by molar-refractivity contribution is 6.30. The highest BCUT2D eigenvalue weighted by Crippen LogP contribution is 2.28. The summed E-state index contributed by atoms with van der Waals surface area (Å²) in [6, 6.07) is 12.1. The van der Waals surface area contributed by atoms with Crippen molar-refractivity contribution >= 4 is 23.4 Å². The third-order valence-electron chi connectivity index (χ3n) is 3.75. The Morgan fingerprint density at radius 2 is 1.89 bits per heavy atom. The van der Waals surface area contributed by atoms with E-state index in [4.69, 9.17) is 11.6 Å². The number of amides is 2. The van der Waals surface area contributed by atoms with Gasteiger partial charge in [-0.2, -0.15) is 8.78 Å². The smallest absolute Gasteiger partial charge is 0.387 e. The molecular weight excluding hydrogens is 378 g/mol. The number of alkyl halides is 2. The van der Waals surface area contributed by atoms with Crippen LogP contribution in [0.1, 0.15) is 35.3 Å². The fourth-order valence-corrected chi connectivity index (χ4v) is 2.70. The predicted octanol–water partition coefficient (Wildman–Crippen LogP) is 3.94. The van der Waals surface area contributed by atoms with Gasteiger partial charge in [-0.15, -0.1) is 0 Å². The number of para-hydroxylation sites is 1. The van der Waals surface area contributed by atoms with E-state index in [1.165, 1.54) is 12.1 Å². The SMILES string of the molecule is CCC(NC(=O)CNC(=O)c1cccc(Cl)c1)c1ccccc1OC(F)F. The molecule has 1 atom stereocenters. The third-order valence-corrected chi connectivity index (χ3v) is 3.99. The van der Waals surface area contributed by atoms with Gasteiger partial charge in [0.15, 0.2) is 0 Å². The number of ether oxygens (including phenoxy) is 1. The van der Waals surface area contributed by atoms with Crippen LogP contribution in [0.25, 0.3) is 0 Å². The average molecular weight is 397 g/mol. The molecule has 0 radical (unpaired) electrons. The fraction of sp³-hybridized carbons (Fsp3) is 0.263. The first-order valence-electron chi connectivity index (χ1n) is 8.27. The minimum atomic E-state index is -2.96. The number of rotatable bonds is 8.